The fraction of sp³-hybridized carbons (Fsp3) is 0.692. The molecule has 0 radical (unpaired) electrons. The van der Waals surface area contributed by atoms with E-state index >= 15 is 0 Å². The number of alkyl halides is 4. The molecule has 1 spiro atoms. The zero-order chi connectivity index (χ0) is 27.4. The van der Waals surface area contributed by atoms with Crippen molar-refractivity contribution in [1.82, 2.24) is 15.1 Å². The molecule has 3 atom stereocenters. The average molecular weight is 601 g/mol. The number of nitrogens with zero attached hydrogens (tertiary/aromatic N) is 4. The highest BCUT2D eigenvalue weighted by atomic mass is 79.9. The summed E-state index contributed by atoms with van der Waals surface area (Å²) in [7, 11) is 0. The minimum Gasteiger partial charge on any atom is -0.380 e. The standard InChI is InChI=1S/C26H29BrF4N4O3/c1-21(2,28)20-33-19(34-38-20)23-8-6-22(7-10-24(22,23)11-9-23)14-35(17-5-3-4-16(27)32-17)18(36)15-12-25(37,13-15)26(29,30)31/h3-5,15,37H,6-14H2,1-2H3. The maximum Gasteiger partial charge on any atom is 0.417 e. The lowest BCUT2D eigenvalue weighted by Crippen LogP contribution is -2.67. The van der Waals surface area contributed by atoms with E-state index in [-0.39, 0.29) is 22.1 Å². The number of hydrogen-bond donors (Lipinski definition) is 1. The molecule has 38 heavy (non-hydrogen) atoms. The number of rotatable bonds is 6. The number of anilines is 1. The first-order valence-corrected chi connectivity index (χ1v) is 13.7. The molecule has 1 N–H and O–H groups in total. The summed E-state index contributed by atoms with van der Waals surface area (Å²) in [4.78, 5) is 24.1. The minimum absolute atomic E-state index is 0.0574. The van der Waals surface area contributed by atoms with Gasteiger partial charge in [-0.15, -0.1) is 0 Å². The largest absolute Gasteiger partial charge is 0.417 e. The lowest BCUT2D eigenvalue weighted by Gasteiger charge is -2.68. The van der Waals surface area contributed by atoms with Crippen LogP contribution >= 0.6 is 15.9 Å². The molecule has 6 rings (SSSR count). The van der Waals surface area contributed by atoms with Crippen molar-refractivity contribution in [1.29, 1.82) is 0 Å². The summed E-state index contributed by atoms with van der Waals surface area (Å²) in [5, 5.41) is 14.2. The summed E-state index contributed by atoms with van der Waals surface area (Å²) in [6, 6.07) is 5.13. The highest BCUT2D eigenvalue weighted by molar-refractivity contribution is 9.10. The number of carbonyl (C=O) groups excluding carboxylic acids is 1. The van der Waals surface area contributed by atoms with Gasteiger partial charge in [0, 0.05) is 17.9 Å². The Hall–Kier alpha value is -2.08. The first-order chi connectivity index (χ1) is 17.7. The summed E-state index contributed by atoms with van der Waals surface area (Å²) in [5.41, 5.74) is -5.45. The fourth-order valence-corrected chi connectivity index (χ4v) is 8.07. The van der Waals surface area contributed by atoms with Gasteiger partial charge in [0.25, 0.3) is 5.89 Å². The van der Waals surface area contributed by atoms with E-state index in [2.05, 4.69) is 31.1 Å². The number of aliphatic hydroxyl groups is 1. The molecule has 7 nitrogen and oxygen atoms in total. The van der Waals surface area contributed by atoms with Crippen LogP contribution in [-0.4, -0.2) is 44.5 Å². The van der Waals surface area contributed by atoms with E-state index in [1.807, 2.05) is 0 Å². The first kappa shape index (κ1) is 26.2. The van der Waals surface area contributed by atoms with Gasteiger partial charge in [-0.1, -0.05) is 11.2 Å². The lowest BCUT2D eigenvalue weighted by atomic mass is 9.36. The Balaban J connectivity index is 1.31. The van der Waals surface area contributed by atoms with E-state index in [0.29, 0.717) is 22.8 Å². The number of hydrogen-bond acceptors (Lipinski definition) is 6. The van der Waals surface area contributed by atoms with Crippen LogP contribution < -0.4 is 4.90 Å². The Morgan fingerprint density at radius 2 is 1.76 bits per heavy atom. The van der Waals surface area contributed by atoms with Crippen molar-refractivity contribution in [3.63, 3.8) is 0 Å². The fourth-order valence-electron chi connectivity index (χ4n) is 7.74. The van der Waals surface area contributed by atoms with Crippen molar-refractivity contribution >= 4 is 27.7 Å². The Morgan fingerprint density at radius 3 is 2.29 bits per heavy atom. The van der Waals surface area contributed by atoms with Gasteiger partial charge in [-0.3, -0.25) is 9.69 Å². The van der Waals surface area contributed by atoms with Crippen LogP contribution in [0.4, 0.5) is 23.4 Å². The third-order valence-corrected chi connectivity index (χ3v) is 10.5. The van der Waals surface area contributed by atoms with E-state index in [9.17, 15) is 27.5 Å². The molecule has 2 aromatic rings. The van der Waals surface area contributed by atoms with Crippen molar-refractivity contribution in [2.45, 2.75) is 88.1 Å². The molecule has 4 saturated carbocycles. The number of aromatic nitrogens is 3. The molecule has 0 aliphatic heterocycles. The molecule has 1 amide bonds. The van der Waals surface area contributed by atoms with Crippen molar-refractivity contribution < 1.29 is 32.0 Å². The summed E-state index contributed by atoms with van der Waals surface area (Å²) >= 11 is 3.34. The third kappa shape index (κ3) is 3.40. The molecule has 0 saturated heterocycles. The second-order valence-electron chi connectivity index (χ2n) is 12.2. The second-order valence-corrected chi connectivity index (χ2v) is 13.0. The molecule has 206 valence electrons. The Bertz CT molecular complexity index is 1290. The van der Waals surface area contributed by atoms with Crippen LogP contribution in [0.25, 0.3) is 0 Å². The summed E-state index contributed by atoms with van der Waals surface area (Å²) in [6.07, 6.45) is -1.06. The Kier molecular flexibility index (Phi) is 5.50. The van der Waals surface area contributed by atoms with Crippen LogP contribution in [0.2, 0.25) is 0 Å². The molecule has 0 aromatic carbocycles. The van der Waals surface area contributed by atoms with Crippen molar-refractivity contribution in [3.05, 3.63) is 34.5 Å². The van der Waals surface area contributed by atoms with Crippen LogP contribution in [0.15, 0.2) is 27.3 Å². The van der Waals surface area contributed by atoms with Gasteiger partial charge < -0.3 is 9.63 Å². The summed E-state index contributed by atoms with van der Waals surface area (Å²) in [6.45, 7) is 3.04. The molecule has 2 aromatic heterocycles. The molecule has 4 aliphatic rings. The number of pyridine rings is 1. The van der Waals surface area contributed by atoms with E-state index < -0.39 is 42.1 Å². The van der Waals surface area contributed by atoms with Gasteiger partial charge in [0.2, 0.25) is 5.91 Å². The zero-order valence-corrected chi connectivity index (χ0v) is 22.7. The van der Waals surface area contributed by atoms with Gasteiger partial charge >= 0.3 is 6.18 Å². The van der Waals surface area contributed by atoms with Crippen LogP contribution in [0.5, 0.6) is 0 Å². The molecule has 2 heterocycles. The van der Waals surface area contributed by atoms with E-state index in [0.717, 1.165) is 38.5 Å². The zero-order valence-electron chi connectivity index (χ0n) is 21.1. The van der Waals surface area contributed by atoms with Crippen LogP contribution in [0, 0.1) is 16.7 Å². The predicted octanol–water partition coefficient (Wildman–Crippen LogP) is 5.76. The highest BCUT2D eigenvalue weighted by Crippen LogP contribution is 2.82. The van der Waals surface area contributed by atoms with E-state index in [4.69, 9.17) is 4.52 Å². The van der Waals surface area contributed by atoms with Crippen molar-refractivity contribution in [2.24, 2.45) is 16.7 Å². The predicted molar refractivity (Wildman–Crippen MR) is 131 cm³/mol. The van der Waals surface area contributed by atoms with Crippen LogP contribution in [0.1, 0.15) is 76.9 Å². The van der Waals surface area contributed by atoms with Crippen molar-refractivity contribution in [2.75, 3.05) is 11.4 Å². The molecular formula is C26H29BrF4N4O3. The Labute approximate surface area is 225 Å². The SMILES string of the molecule is CC(C)(F)c1nc(C23CCC4(CN(C(=O)C5CC(O)(C(F)(F)F)C5)c5cccc(Br)n5)CCC42CC3)no1. The topological polar surface area (TPSA) is 92.4 Å². The lowest BCUT2D eigenvalue weighted by molar-refractivity contribution is -0.295. The number of amides is 1. The molecule has 4 fully saturated rings. The van der Waals surface area contributed by atoms with Gasteiger partial charge in [0.05, 0.1) is 0 Å². The van der Waals surface area contributed by atoms with Gasteiger partial charge in [-0.05, 0) is 104 Å². The van der Waals surface area contributed by atoms with Gasteiger partial charge in [-0.25, -0.2) is 9.37 Å². The van der Waals surface area contributed by atoms with E-state index in [1.165, 1.54) is 18.7 Å². The van der Waals surface area contributed by atoms with Crippen molar-refractivity contribution in [3.8, 4) is 0 Å². The van der Waals surface area contributed by atoms with Crippen LogP contribution in [0.3, 0.4) is 0 Å². The maximum absolute atomic E-state index is 14.5. The second kappa shape index (κ2) is 7.99. The molecule has 12 heteroatoms. The molecular weight excluding hydrogens is 572 g/mol. The highest BCUT2D eigenvalue weighted by Gasteiger charge is 2.78. The van der Waals surface area contributed by atoms with Gasteiger partial charge in [-0.2, -0.15) is 18.2 Å². The first-order valence-electron chi connectivity index (χ1n) is 12.9. The molecule has 0 bridgehead atoms. The average Bonchev–Trinajstić information content (AvgIpc) is 3.31. The normalized spacial score (nSPS) is 35.9. The third-order valence-electron chi connectivity index (χ3n) is 10.1. The smallest absolute Gasteiger partial charge is 0.380 e. The quantitative estimate of drug-likeness (QED) is 0.335. The molecule has 4 aliphatic carbocycles. The monoisotopic (exact) mass is 600 g/mol. The molecule has 3 unspecified atom stereocenters. The van der Waals surface area contributed by atoms with E-state index in [1.54, 1.807) is 18.2 Å². The van der Waals surface area contributed by atoms with Gasteiger partial charge in [0.15, 0.2) is 17.1 Å². The number of halogens is 5. The maximum atomic E-state index is 14.5. The summed E-state index contributed by atoms with van der Waals surface area (Å²) < 4.78 is 60.2. The summed E-state index contributed by atoms with van der Waals surface area (Å²) in [5.74, 6) is -0.592. The van der Waals surface area contributed by atoms with Gasteiger partial charge in [0.1, 0.15) is 10.4 Å². The van der Waals surface area contributed by atoms with Crippen LogP contribution in [-0.2, 0) is 15.9 Å². The minimum atomic E-state index is -4.78. The Morgan fingerprint density at radius 1 is 1.11 bits per heavy atom. The number of carbonyl (C=O) groups is 1.